The first-order valence-corrected chi connectivity index (χ1v) is 5.71. The van der Waals surface area contributed by atoms with E-state index in [2.05, 4.69) is 52.0 Å². The highest BCUT2D eigenvalue weighted by Crippen LogP contribution is 2.21. The second kappa shape index (κ2) is 4.80. The Morgan fingerprint density at radius 3 is 2.47 bits per heavy atom. The lowest BCUT2D eigenvalue weighted by Gasteiger charge is -2.27. The molecule has 0 radical (unpaired) electrons. The minimum Gasteiger partial charge on any atom is -0.327 e. The molecule has 0 saturated heterocycles. The van der Waals surface area contributed by atoms with Crippen molar-refractivity contribution in [1.82, 2.24) is 0 Å². The van der Waals surface area contributed by atoms with E-state index in [9.17, 15) is 0 Å². The maximum atomic E-state index is 6.14. The molecule has 1 aromatic carbocycles. The molecular weight excluding hydrogens is 182 g/mol. The molecule has 0 aliphatic rings. The molecule has 1 aromatic rings. The normalized spacial score (nSPS) is 13.9. The standard InChI is InChI=1S/C14H23N/c1-11-6-5-7-12(10-11)8-9-13(15)14(2,3)4/h5-7,10,13H,8-9,15H2,1-4H3. The van der Waals surface area contributed by atoms with Gasteiger partial charge in [0, 0.05) is 6.04 Å². The van der Waals surface area contributed by atoms with Gasteiger partial charge in [0.15, 0.2) is 0 Å². The van der Waals surface area contributed by atoms with Crippen LogP contribution in [0, 0.1) is 12.3 Å². The summed E-state index contributed by atoms with van der Waals surface area (Å²) in [6, 6.07) is 8.95. The summed E-state index contributed by atoms with van der Waals surface area (Å²) in [5.41, 5.74) is 9.08. The number of hydrogen-bond acceptors (Lipinski definition) is 1. The highest BCUT2D eigenvalue weighted by molar-refractivity contribution is 5.22. The topological polar surface area (TPSA) is 26.0 Å². The van der Waals surface area contributed by atoms with Crippen molar-refractivity contribution < 1.29 is 0 Å². The van der Waals surface area contributed by atoms with Gasteiger partial charge in [-0.2, -0.15) is 0 Å². The first-order valence-electron chi connectivity index (χ1n) is 5.71. The molecule has 15 heavy (non-hydrogen) atoms. The molecule has 84 valence electrons. The van der Waals surface area contributed by atoms with E-state index in [0.29, 0.717) is 0 Å². The van der Waals surface area contributed by atoms with Gasteiger partial charge in [-0.15, -0.1) is 0 Å². The van der Waals surface area contributed by atoms with Gasteiger partial charge < -0.3 is 5.73 Å². The summed E-state index contributed by atoms with van der Waals surface area (Å²) in [4.78, 5) is 0. The molecule has 1 heteroatoms. The van der Waals surface area contributed by atoms with E-state index < -0.39 is 0 Å². The molecule has 0 amide bonds. The average Bonchev–Trinajstić information content (AvgIpc) is 2.12. The quantitative estimate of drug-likeness (QED) is 0.805. The van der Waals surface area contributed by atoms with Crippen molar-refractivity contribution in [2.75, 3.05) is 0 Å². The van der Waals surface area contributed by atoms with Gasteiger partial charge in [-0.3, -0.25) is 0 Å². The molecule has 1 atom stereocenters. The zero-order valence-electron chi connectivity index (χ0n) is 10.4. The second-order valence-electron chi connectivity index (χ2n) is 5.50. The highest BCUT2D eigenvalue weighted by atomic mass is 14.7. The minimum absolute atomic E-state index is 0.212. The molecule has 0 aliphatic carbocycles. The van der Waals surface area contributed by atoms with Crippen LogP contribution >= 0.6 is 0 Å². The minimum atomic E-state index is 0.212. The molecule has 0 fully saturated rings. The van der Waals surface area contributed by atoms with Gasteiger partial charge in [0.2, 0.25) is 0 Å². The first kappa shape index (κ1) is 12.3. The van der Waals surface area contributed by atoms with Crippen molar-refractivity contribution in [3.05, 3.63) is 35.4 Å². The Morgan fingerprint density at radius 1 is 1.27 bits per heavy atom. The van der Waals surface area contributed by atoms with Crippen LogP contribution in [0.4, 0.5) is 0 Å². The molecule has 1 nitrogen and oxygen atoms in total. The molecule has 1 rings (SSSR count). The summed E-state index contributed by atoms with van der Waals surface area (Å²) < 4.78 is 0. The third-order valence-electron chi connectivity index (χ3n) is 2.94. The first-order chi connectivity index (χ1) is 6.89. The van der Waals surface area contributed by atoms with Crippen molar-refractivity contribution in [1.29, 1.82) is 0 Å². The monoisotopic (exact) mass is 205 g/mol. The summed E-state index contributed by atoms with van der Waals surface area (Å²) in [7, 11) is 0. The van der Waals surface area contributed by atoms with Gasteiger partial charge in [-0.05, 0) is 30.7 Å². The van der Waals surface area contributed by atoms with Gasteiger partial charge in [0.05, 0.1) is 0 Å². The van der Waals surface area contributed by atoms with Gasteiger partial charge in [0.25, 0.3) is 0 Å². The van der Waals surface area contributed by atoms with Crippen molar-refractivity contribution in [2.24, 2.45) is 11.1 Å². The molecule has 0 saturated carbocycles. The van der Waals surface area contributed by atoms with E-state index in [4.69, 9.17) is 5.73 Å². The van der Waals surface area contributed by atoms with Crippen molar-refractivity contribution in [2.45, 2.75) is 46.6 Å². The van der Waals surface area contributed by atoms with Crippen LogP contribution in [0.1, 0.15) is 38.3 Å². The lowest BCUT2D eigenvalue weighted by atomic mass is 9.84. The Labute approximate surface area is 93.7 Å². The van der Waals surface area contributed by atoms with Gasteiger partial charge in [-0.1, -0.05) is 50.6 Å². The third-order valence-corrected chi connectivity index (χ3v) is 2.94. The fraction of sp³-hybridized carbons (Fsp3) is 0.571. The predicted octanol–water partition coefficient (Wildman–Crippen LogP) is 3.30. The van der Waals surface area contributed by atoms with Crippen LogP contribution in [-0.4, -0.2) is 6.04 Å². The van der Waals surface area contributed by atoms with Gasteiger partial charge in [0.1, 0.15) is 0 Å². The summed E-state index contributed by atoms with van der Waals surface area (Å²) >= 11 is 0. The molecular formula is C14H23N. The van der Waals surface area contributed by atoms with Crippen LogP contribution < -0.4 is 5.73 Å². The van der Waals surface area contributed by atoms with E-state index in [1.807, 2.05) is 0 Å². The molecule has 0 heterocycles. The van der Waals surface area contributed by atoms with E-state index in [1.165, 1.54) is 11.1 Å². The number of nitrogens with two attached hydrogens (primary N) is 1. The Morgan fingerprint density at radius 2 is 1.93 bits per heavy atom. The number of benzene rings is 1. The maximum absolute atomic E-state index is 6.14. The largest absolute Gasteiger partial charge is 0.327 e. The van der Waals surface area contributed by atoms with Crippen LogP contribution in [0.2, 0.25) is 0 Å². The number of hydrogen-bond donors (Lipinski definition) is 1. The van der Waals surface area contributed by atoms with Crippen LogP contribution in [0.3, 0.4) is 0 Å². The Balaban J connectivity index is 2.51. The van der Waals surface area contributed by atoms with E-state index >= 15 is 0 Å². The fourth-order valence-corrected chi connectivity index (χ4v) is 1.62. The zero-order chi connectivity index (χ0) is 11.5. The van der Waals surface area contributed by atoms with Gasteiger partial charge in [-0.25, -0.2) is 0 Å². The maximum Gasteiger partial charge on any atom is 0.00908 e. The summed E-state index contributed by atoms with van der Waals surface area (Å²) in [5.74, 6) is 0. The average molecular weight is 205 g/mol. The number of aryl methyl sites for hydroxylation is 2. The summed E-state index contributed by atoms with van der Waals surface area (Å²) in [6.07, 6.45) is 2.15. The van der Waals surface area contributed by atoms with Crippen LogP contribution in [-0.2, 0) is 6.42 Å². The second-order valence-corrected chi connectivity index (χ2v) is 5.50. The molecule has 0 aliphatic heterocycles. The van der Waals surface area contributed by atoms with E-state index in [-0.39, 0.29) is 11.5 Å². The molecule has 0 aromatic heterocycles. The molecule has 0 spiro atoms. The SMILES string of the molecule is Cc1cccc(CCC(N)C(C)(C)C)c1. The van der Waals surface area contributed by atoms with E-state index in [1.54, 1.807) is 0 Å². The van der Waals surface area contributed by atoms with Crippen molar-refractivity contribution in [3.8, 4) is 0 Å². The lowest BCUT2D eigenvalue weighted by molar-refractivity contribution is 0.306. The smallest absolute Gasteiger partial charge is 0.00908 e. The van der Waals surface area contributed by atoms with Crippen LogP contribution in [0.15, 0.2) is 24.3 Å². The Bertz CT molecular complexity index is 309. The Kier molecular flexibility index (Phi) is 3.92. The van der Waals surface area contributed by atoms with Crippen LogP contribution in [0.25, 0.3) is 0 Å². The molecule has 1 unspecified atom stereocenters. The predicted molar refractivity (Wildman–Crippen MR) is 66.9 cm³/mol. The third kappa shape index (κ3) is 4.05. The molecule has 2 N–H and O–H groups in total. The summed E-state index contributed by atoms with van der Waals surface area (Å²) in [6.45, 7) is 8.74. The van der Waals surface area contributed by atoms with E-state index in [0.717, 1.165) is 12.8 Å². The van der Waals surface area contributed by atoms with Crippen molar-refractivity contribution >= 4 is 0 Å². The Hall–Kier alpha value is -0.820. The van der Waals surface area contributed by atoms with Crippen LogP contribution in [0.5, 0.6) is 0 Å². The zero-order valence-corrected chi connectivity index (χ0v) is 10.4. The summed E-state index contributed by atoms with van der Waals surface area (Å²) in [5, 5.41) is 0. The molecule has 0 bridgehead atoms. The fourth-order valence-electron chi connectivity index (χ4n) is 1.62. The number of rotatable bonds is 3. The van der Waals surface area contributed by atoms with Gasteiger partial charge >= 0.3 is 0 Å². The lowest BCUT2D eigenvalue weighted by Crippen LogP contribution is -2.35. The van der Waals surface area contributed by atoms with Crippen molar-refractivity contribution in [3.63, 3.8) is 0 Å². The highest BCUT2D eigenvalue weighted by Gasteiger charge is 2.19.